The highest BCUT2D eigenvalue weighted by atomic mass is 16.3. The molecule has 0 spiro atoms. The van der Waals surface area contributed by atoms with Crippen LogP contribution in [0.1, 0.15) is 0 Å². The lowest BCUT2D eigenvalue weighted by atomic mass is 10.0. The molecule has 0 atom stereocenters. The van der Waals surface area contributed by atoms with Crippen molar-refractivity contribution in [2.45, 2.75) is 0 Å². The van der Waals surface area contributed by atoms with Crippen molar-refractivity contribution >= 4 is 33.0 Å². The lowest BCUT2D eigenvalue weighted by molar-refractivity contribution is 0.669. The molecule has 0 amide bonds. The summed E-state index contributed by atoms with van der Waals surface area (Å²) in [4.78, 5) is 20.0. The number of para-hydroxylation sites is 2. The van der Waals surface area contributed by atoms with Gasteiger partial charge in [0.05, 0.1) is 11.0 Å². The maximum Gasteiger partial charge on any atom is 0.164 e. The third kappa shape index (κ3) is 4.35. The Hall–Kier alpha value is -6.40. The van der Waals surface area contributed by atoms with E-state index in [1.54, 1.807) is 0 Å². The van der Waals surface area contributed by atoms with Gasteiger partial charge >= 0.3 is 0 Å². The molecule has 0 aliphatic rings. The van der Waals surface area contributed by atoms with Crippen molar-refractivity contribution in [3.8, 4) is 51.2 Å². The summed E-state index contributed by atoms with van der Waals surface area (Å²) in [5.74, 6) is 2.70. The number of benzene rings is 6. The van der Waals surface area contributed by atoms with Gasteiger partial charge in [0.15, 0.2) is 17.5 Å². The van der Waals surface area contributed by atoms with Crippen LogP contribution in [0.4, 0.5) is 0 Å². The van der Waals surface area contributed by atoms with Gasteiger partial charge in [-0.15, -0.1) is 0 Å². The van der Waals surface area contributed by atoms with E-state index >= 15 is 0 Å². The Balaban J connectivity index is 1.29. The number of hydrogen-bond acceptors (Lipinski definition) is 5. The molecule has 9 aromatic rings. The molecule has 0 fully saturated rings. The average Bonchev–Trinajstić information content (AvgIpc) is 3.71. The molecule has 0 N–H and O–H groups in total. The predicted octanol–water partition coefficient (Wildman–Crippen LogP) is 9.78. The quantitative estimate of drug-likeness (QED) is 0.199. The zero-order valence-corrected chi connectivity index (χ0v) is 24.6. The van der Waals surface area contributed by atoms with E-state index in [4.69, 9.17) is 24.4 Å². The van der Waals surface area contributed by atoms with Crippen molar-refractivity contribution in [3.63, 3.8) is 0 Å². The molecule has 3 aromatic heterocycles. The summed E-state index contributed by atoms with van der Waals surface area (Å²) in [5, 5.41) is 1.93. The Labute approximate surface area is 264 Å². The monoisotopic (exact) mass is 591 g/mol. The van der Waals surface area contributed by atoms with Gasteiger partial charge in [-0.05, 0) is 36.4 Å². The summed E-state index contributed by atoms with van der Waals surface area (Å²) < 4.78 is 8.64. The second-order valence-electron chi connectivity index (χ2n) is 11.1. The largest absolute Gasteiger partial charge is 0.456 e. The van der Waals surface area contributed by atoms with Crippen LogP contribution in [0, 0.1) is 0 Å². The molecule has 0 saturated carbocycles. The maximum absolute atomic E-state index is 6.42. The van der Waals surface area contributed by atoms with Gasteiger partial charge in [-0.1, -0.05) is 115 Å². The Morgan fingerprint density at radius 3 is 1.76 bits per heavy atom. The van der Waals surface area contributed by atoms with E-state index in [-0.39, 0.29) is 0 Å². The van der Waals surface area contributed by atoms with Crippen molar-refractivity contribution in [2.24, 2.45) is 0 Å². The van der Waals surface area contributed by atoms with E-state index in [0.29, 0.717) is 17.5 Å². The van der Waals surface area contributed by atoms with Crippen LogP contribution in [-0.2, 0) is 0 Å². The summed E-state index contributed by atoms with van der Waals surface area (Å²) in [6, 6.07) is 51.0. The highest BCUT2D eigenvalue weighted by Gasteiger charge is 2.20. The number of imidazole rings is 1. The molecule has 0 aliphatic carbocycles. The highest BCUT2D eigenvalue weighted by Crippen LogP contribution is 2.38. The number of rotatable bonds is 5. The van der Waals surface area contributed by atoms with Crippen LogP contribution in [0.15, 0.2) is 156 Å². The number of hydrogen-bond donors (Lipinski definition) is 0. The minimum atomic E-state index is 0.587. The smallest absolute Gasteiger partial charge is 0.164 e. The SMILES string of the molecule is c1ccc(-c2nc(-c3ccccc3)nc(-c3cccc4oc5ccc(-n6c(-c7ccccc7)nc7ccccc76)cc5c34)n2)cc1. The van der Waals surface area contributed by atoms with Crippen LogP contribution in [0.3, 0.4) is 0 Å². The van der Waals surface area contributed by atoms with Crippen molar-refractivity contribution in [3.05, 3.63) is 152 Å². The van der Waals surface area contributed by atoms with Crippen LogP contribution in [0.5, 0.6) is 0 Å². The second-order valence-corrected chi connectivity index (χ2v) is 11.1. The van der Waals surface area contributed by atoms with E-state index in [9.17, 15) is 0 Å². The normalized spacial score (nSPS) is 11.5. The van der Waals surface area contributed by atoms with Crippen LogP contribution < -0.4 is 0 Å². The summed E-state index contributed by atoms with van der Waals surface area (Å²) in [7, 11) is 0. The molecular weight excluding hydrogens is 566 g/mol. The summed E-state index contributed by atoms with van der Waals surface area (Å²) in [6.07, 6.45) is 0. The highest BCUT2D eigenvalue weighted by molar-refractivity contribution is 6.12. The van der Waals surface area contributed by atoms with E-state index in [1.165, 1.54) is 0 Å². The minimum absolute atomic E-state index is 0.587. The molecule has 0 unspecified atom stereocenters. The molecule has 6 aromatic carbocycles. The van der Waals surface area contributed by atoms with E-state index in [2.05, 4.69) is 53.1 Å². The van der Waals surface area contributed by atoms with Gasteiger partial charge in [-0.2, -0.15) is 0 Å². The lowest BCUT2D eigenvalue weighted by Gasteiger charge is -2.11. The lowest BCUT2D eigenvalue weighted by Crippen LogP contribution is -2.00. The third-order valence-electron chi connectivity index (χ3n) is 8.27. The first-order valence-electron chi connectivity index (χ1n) is 15.2. The topological polar surface area (TPSA) is 69.6 Å². The van der Waals surface area contributed by atoms with Crippen LogP contribution >= 0.6 is 0 Å². The third-order valence-corrected chi connectivity index (χ3v) is 8.27. The maximum atomic E-state index is 6.42. The molecule has 6 heteroatoms. The molecule has 0 saturated heterocycles. The fourth-order valence-corrected chi connectivity index (χ4v) is 6.14. The predicted molar refractivity (Wildman–Crippen MR) is 183 cm³/mol. The Bertz CT molecular complexity index is 2460. The van der Waals surface area contributed by atoms with Crippen molar-refractivity contribution < 1.29 is 4.42 Å². The van der Waals surface area contributed by atoms with Gasteiger partial charge in [0.2, 0.25) is 0 Å². The van der Waals surface area contributed by atoms with Gasteiger partial charge in [0, 0.05) is 38.7 Å². The summed E-state index contributed by atoms with van der Waals surface area (Å²) >= 11 is 0. The summed E-state index contributed by atoms with van der Waals surface area (Å²) in [6.45, 7) is 0. The number of fused-ring (bicyclic) bond motifs is 4. The fourth-order valence-electron chi connectivity index (χ4n) is 6.14. The van der Waals surface area contributed by atoms with E-state index in [1.807, 2.05) is 103 Å². The van der Waals surface area contributed by atoms with Crippen molar-refractivity contribution in [1.29, 1.82) is 0 Å². The number of nitrogens with zero attached hydrogens (tertiary/aromatic N) is 5. The average molecular weight is 592 g/mol. The Kier molecular flexibility index (Phi) is 6.03. The van der Waals surface area contributed by atoms with Gasteiger partial charge in [0.1, 0.15) is 17.0 Å². The number of aromatic nitrogens is 5. The van der Waals surface area contributed by atoms with Gasteiger partial charge < -0.3 is 4.42 Å². The van der Waals surface area contributed by atoms with Crippen molar-refractivity contribution in [1.82, 2.24) is 24.5 Å². The molecule has 46 heavy (non-hydrogen) atoms. The van der Waals surface area contributed by atoms with E-state index < -0.39 is 0 Å². The van der Waals surface area contributed by atoms with Gasteiger partial charge in [-0.25, -0.2) is 19.9 Å². The van der Waals surface area contributed by atoms with E-state index in [0.717, 1.165) is 66.7 Å². The molecule has 0 bridgehead atoms. The zero-order chi connectivity index (χ0) is 30.5. The molecular formula is C40H25N5O. The van der Waals surface area contributed by atoms with Crippen LogP contribution in [0.25, 0.3) is 84.2 Å². The zero-order valence-electron chi connectivity index (χ0n) is 24.6. The van der Waals surface area contributed by atoms with Gasteiger partial charge in [0.25, 0.3) is 0 Å². The molecule has 9 rings (SSSR count). The van der Waals surface area contributed by atoms with Crippen LogP contribution in [-0.4, -0.2) is 24.5 Å². The Morgan fingerprint density at radius 2 is 1.07 bits per heavy atom. The van der Waals surface area contributed by atoms with Gasteiger partial charge in [-0.3, -0.25) is 4.57 Å². The second kappa shape index (κ2) is 10.6. The number of furan rings is 1. The molecule has 0 radical (unpaired) electrons. The first-order chi connectivity index (χ1) is 22.8. The minimum Gasteiger partial charge on any atom is -0.456 e. The summed E-state index contributed by atoms with van der Waals surface area (Å²) in [5.41, 5.74) is 8.29. The fraction of sp³-hybridized carbons (Fsp3) is 0. The van der Waals surface area contributed by atoms with Crippen molar-refractivity contribution in [2.75, 3.05) is 0 Å². The first-order valence-corrected chi connectivity index (χ1v) is 15.2. The standard InChI is InChI=1S/C40H25N5O/c1-4-13-26(14-5-1)37-42-38(27-15-6-2-7-16-27)44-39(43-37)30-19-12-22-35-36(30)31-25-29(23-24-34(31)46-35)45-33-21-11-10-20-32(33)41-40(45)28-17-8-3-9-18-28/h1-25H. The molecule has 6 nitrogen and oxygen atoms in total. The van der Waals surface area contributed by atoms with Crippen LogP contribution in [0.2, 0.25) is 0 Å². The molecule has 216 valence electrons. The Morgan fingerprint density at radius 1 is 0.457 bits per heavy atom. The molecule has 0 aliphatic heterocycles. The molecule has 3 heterocycles. The first kappa shape index (κ1) is 26.0.